The van der Waals surface area contributed by atoms with Crippen molar-refractivity contribution in [2.24, 2.45) is 0 Å². The first-order valence-electron chi connectivity index (χ1n) is 7.19. The number of carbonyl (C=O) groups excluding carboxylic acids is 1. The Hall–Kier alpha value is -1.62. The van der Waals surface area contributed by atoms with Gasteiger partial charge in [0.05, 0.1) is 19.3 Å². The Kier molecular flexibility index (Phi) is 4.52. The molecule has 2 rings (SSSR count). The second-order valence-electron chi connectivity index (χ2n) is 5.79. The zero-order valence-corrected chi connectivity index (χ0v) is 12.7. The SMILES string of the molecule is CCC1(C)CC(Nc2cccc(F)c2)(C(=O)OC)CCO1. The normalized spacial score (nSPS) is 29.0. The molecule has 1 aromatic rings. The van der Waals surface area contributed by atoms with Gasteiger partial charge in [-0.3, -0.25) is 0 Å². The van der Waals surface area contributed by atoms with Crippen molar-refractivity contribution in [3.8, 4) is 0 Å². The molecule has 0 radical (unpaired) electrons. The lowest BCUT2D eigenvalue weighted by Gasteiger charge is -2.45. The highest BCUT2D eigenvalue weighted by Gasteiger charge is 2.48. The van der Waals surface area contributed by atoms with Gasteiger partial charge < -0.3 is 14.8 Å². The molecule has 1 saturated heterocycles. The fourth-order valence-corrected chi connectivity index (χ4v) is 2.85. The summed E-state index contributed by atoms with van der Waals surface area (Å²) >= 11 is 0. The van der Waals surface area contributed by atoms with Crippen molar-refractivity contribution in [1.82, 2.24) is 0 Å². The lowest BCUT2D eigenvalue weighted by molar-refractivity contribution is -0.158. The van der Waals surface area contributed by atoms with Crippen molar-refractivity contribution in [3.63, 3.8) is 0 Å². The van der Waals surface area contributed by atoms with Gasteiger partial charge in [-0.05, 0) is 31.5 Å². The molecule has 1 aliphatic heterocycles. The summed E-state index contributed by atoms with van der Waals surface area (Å²) in [6.07, 6.45) is 1.77. The van der Waals surface area contributed by atoms with E-state index in [-0.39, 0.29) is 11.8 Å². The molecule has 0 saturated carbocycles. The molecule has 1 N–H and O–H groups in total. The highest BCUT2D eigenvalue weighted by atomic mass is 19.1. The lowest BCUT2D eigenvalue weighted by Crippen LogP contribution is -2.57. The number of methoxy groups -OCH3 is 1. The monoisotopic (exact) mass is 295 g/mol. The predicted octanol–water partition coefficient (Wildman–Crippen LogP) is 3.13. The van der Waals surface area contributed by atoms with Gasteiger partial charge in [0.25, 0.3) is 0 Å². The van der Waals surface area contributed by atoms with E-state index in [0.717, 1.165) is 6.42 Å². The average molecular weight is 295 g/mol. The Balaban J connectivity index is 2.31. The van der Waals surface area contributed by atoms with E-state index in [1.807, 2.05) is 13.8 Å². The van der Waals surface area contributed by atoms with Crippen LogP contribution >= 0.6 is 0 Å². The Morgan fingerprint density at radius 2 is 2.29 bits per heavy atom. The molecule has 0 spiro atoms. The zero-order valence-electron chi connectivity index (χ0n) is 12.7. The first kappa shape index (κ1) is 15.8. The number of ether oxygens (including phenoxy) is 2. The number of carbonyl (C=O) groups is 1. The molecule has 116 valence electrons. The average Bonchev–Trinajstić information content (AvgIpc) is 2.46. The maximum Gasteiger partial charge on any atom is 0.331 e. The van der Waals surface area contributed by atoms with Crippen LogP contribution in [0.5, 0.6) is 0 Å². The van der Waals surface area contributed by atoms with E-state index in [1.165, 1.54) is 19.2 Å². The molecule has 21 heavy (non-hydrogen) atoms. The Bertz CT molecular complexity index is 522. The topological polar surface area (TPSA) is 47.6 Å². The van der Waals surface area contributed by atoms with E-state index in [9.17, 15) is 9.18 Å². The molecule has 1 aliphatic rings. The smallest absolute Gasteiger partial charge is 0.331 e. The van der Waals surface area contributed by atoms with Gasteiger partial charge >= 0.3 is 5.97 Å². The highest BCUT2D eigenvalue weighted by molar-refractivity contribution is 5.85. The first-order valence-corrected chi connectivity index (χ1v) is 7.19. The summed E-state index contributed by atoms with van der Waals surface area (Å²) in [7, 11) is 1.37. The van der Waals surface area contributed by atoms with Crippen LogP contribution in [0.15, 0.2) is 24.3 Å². The van der Waals surface area contributed by atoms with Gasteiger partial charge in [-0.1, -0.05) is 13.0 Å². The minimum absolute atomic E-state index is 0.338. The number of benzene rings is 1. The van der Waals surface area contributed by atoms with Gasteiger partial charge in [0, 0.05) is 18.5 Å². The molecule has 1 heterocycles. The lowest BCUT2D eigenvalue weighted by atomic mass is 9.79. The van der Waals surface area contributed by atoms with E-state index in [0.29, 0.717) is 25.1 Å². The number of halogens is 1. The number of nitrogens with one attached hydrogen (secondary N) is 1. The number of hydrogen-bond donors (Lipinski definition) is 1. The molecule has 5 heteroatoms. The number of rotatable bonds is 4. The standard InChI is InChI=1S/C16H22FNO3/c1-4-15(2)11-16(8-9-21-15,14(19)20-3)18-13-7-5-6-12(17)10-13/h5-7,10,18H,4,8-9,11H2,1-3H3. The molecule has 0 bridgehead atoms. The summed E-state index contributed by atoms with van der Waals surface area (Å²) in [6.45, 7) is 4.47. The molecule has 0 aromatic heterocycles. The third-order valence-corrected chi connectivity index (χ3v) is 4.19. The summed E-state index contributed by atoms with van der Waals surface area (Å²) in [5, 5.41) is 3.18. The van der Waals surface area contributed by atoms with E-state index in [4.69, 9.17) is 9.47 Å². The number of esters is 1. The van der Waals surface area contributed by atoms with Crippen LogP contribution in [-0.2, 0) is 14.3 Å². The molecule has 4 nitrogen and oxygen atoms in total. The van der Waals surface area contributed by atoms with Crippen molar-refractivity contribution >= 4 is 11.7 Å². The van der Waals surface area contributed by atoms with Gasteiger partial charge in [-0.2, -0.15) is 0 Å². The minimum Gasteiger partial charge on any atom is -0.467 e. The molecule has 1 fully saturated rings. The molecule has 2 unspecified atom stereocenters. The first-order chi connectivity index (χ1) is 9.93. The molecule has 1 aromatic carbocycles. The van der Waals surface area contributed by atoms with E-state index in [1.54, 1.807) is 12.1 Å². The quantitative estimate of drug-likeness (QED) is 0.867. The van der Waals surface area contributed by atoms with Crippen LogP contribution in [0.4, 0.5) is 10.1 Å². The van der Waals surface area contributed by atoms with Crippen LogP contribution in [-0.4, -0.2) is 30.8 Å². The van der Waals surface area contributed by atoms with Crippen LogP contribution in [0.3, 0.4) is 0 Å². The molecule has 2 atom stereocenters. The summed E-state index contributed by atoms with van der Waals surface area (Å²) in [6, 6.07) is 6.10. The number of hydrogen-bond acceptors (Lipinski definition) is 4. The van der Waals surface area contributed by atoms with Crippen molar-refractivity contribution in [3.05, 3.63) is 30.1 Å². The number of anilines is 1. The van der Waals surface area contributed by atoms with Gasteiger partial charge in [0.1, 0.15) is 11.4 Å². The van der Waals surface area contributed by atoms with E-state index in [2.05, 4.69) is 5.32 Å². The fourth-order valence-electron chi connectivity index (χ4n) is 2.85. The van der Waals surface area contributed by atoms with Gasteiger partial charge in [-0.25, -0.2) is 9.18 Å². The molecule has 0 amide bonds. The predicted molar refractivity (Wildman–Crippen MR) is 78.7 cm³/mol. The van der Waals surface area contributed by atoms with Crippen LogP contribution in [0.25, 0.3) is 0 Å². The van der Waals surface area contributed by atoms with Crippen LogP contribution in [0.2, 0.25) is 0 Å². The Labute approximate surface area is 124 Å². The second kappa shape index (κ2) is 6.02. The van der Waals surface area contributed by atoms with E-state index < -0.39 is 11.1 Å². The summed E-state index contributed by atoms with van der Waals surface area (Å²) < 4.78 is 24.2. The molecule has 0 aliphatic carbocycles. The highest BCUT2D eigenvalue weighted by Crippen LogP contribution is 2.37. The van der Waals surface area contributed by atoms with Crippen LogP contribution in [0, 0.1) is 5.82 Å². The Morgan fingerprint density at radius 3 is 2.90 bits per heavy atom. The maximum atomic E-state index is 13.4. The minimum atomic E-state index is -0.883. The molecular formula is C16H22FNO3. The summed E-state index contributed by atoms with van der Waals surface area (Å²) in [5.74, 6) is -0.680. The third-order valence-electron chi connectivity index (χ3n) is 4.19. The largest absolute Gasteiger partial charge is 0.467 e. The van der Waals surface area contributed by atoms with Crippen LogP contribution < -0.4 is 5.32 Å². The van der Waals surface area contributed by atoms with E-state index >= 15 is 0 Å². The summed E-state index contributed by atoms with van der Waals surface area (Å²) in [4.78, 5) is 12.3. The van der Waals surface area contributed by atoms with Gasteiger partial charge in [0.15, 0.2) is 0 Å². The maximum absolute atomic E-state index is 13.4. The fraction of sp³-hybridized carbons (Fsp3) is 0.562. The molecular weight excluding hydrogens is 273 g/mol. The van der Waals surface area contributed by atoms with Crippen molar-refractivity contribution in [2.75, 3.05) is 19.0 Å². The van der Waals surface area contributed by atoms with Crippen LogP contribution in [0.1, 0.15) is 33.1 Å². The van der Waals surface area contributed by atoms with Gasteiger partial charge in [0.2, 0.25) is 0 Å². The van der Waals surface area contributed by atoms with Crippen molar-refractivity contribution in [2.45, 2.75) is 44.2 Å². The zero-order chi connectivity index (χ0) is 15.5. The van der Waals surface area contributed by atoms with Gasteiger partial charge in [-0.15, -0.1) is 0 Å². The van der Waals surface area contributed by atoms with Crippen molar-refractivity contribution in [1.29, 1.82) is 0 Å². The summed E-state index contributed by atoms with van der Waals surface area (Å²) in [5.41, 5.74) is -0.709. The Morgan fingerprint density at radius 1 is 1.52 bits per heavy atom. The third kappa shape index (κ3) is 3.35. The van der Waals surface area contributed by atoms with Crippen molar-refractivity contribution < 1.29 is 18.7 Å². The second-order valence-corrected chi connectivity index (χ2v) is 5.79.